The maximum atomic E-state index is 12.1. The number of nitrogens with zero attached hydrogens (tertiary/aromatic N) is 1. The average Bonchev–Trinajstić information content (AvgIpc) is 2.52. The van der Waals surface area contributed by atoms with Gasteiger partial charge in [0.2, 0.25) is 0 Å². The molecule has 0 saturated carbocycles. The predicted octanol–water partition coefficient (Wildman–Crippen LogP) is 4.28. The van der Waals surface area contributed by atoms with E-state index in [9.17, 15) is 9.90 Å². The number of phenolic OH excluding ortho intramolecular Hbond substituents is 1. The second-order valence-electron chi connectivity index (χ2n) is 4.96. The van der Waals surface area contributed by atoms with Crippen LogP contribution in [0.2, 0.25) is 5.02 Å². The highest BCUT2D eigenvalue weighted by molar-refractivity contribution is 9.10. The lowest BCUT2D eigenvalue weighted by Crippen LogP contribution is -2.18. The summed E-state index contributed by atoms with van der Waals surface area (Å²) in [5.41, 5.74) is 4.39. The summed E-state index contributed by atoms with van der Waals surface area (Å²) in [6.07, 6.45) is 1.45. The summed E-state index contributed by atoms with van der Waals surface area (Å²) in [4.78, 5) is 12.1. The Bertz CT molecular complexity index is 794. The summed E-state index contributed by atoms with van der Waals surface area (Å²) in [6.45, 7) is 4.13. The summed E-state index contributed by atoms with van der Waals surface area (Å²) >= 11 is 9.30. The first-order valence-electron chi connectivity index (χ1n) is 7.17. The number of benzene rings is 2. The van der Waals surface area contributed by atoms with Crippen molar-refractivity contribution in [2.45, 2.75) is 13.8 Å². The molecule has 0 radical (unpaired) electrons. The smallest absolute Gasteiger partial charge is 0.272 e. The first-order chi connectivity index (χ1) is 11.4. The minimum atomic E-state index is -0.404. The quantitative estimate of drug-likeness (QED) is 0.570. The van der Waals surface area contributed by atoms with Crippen molar-refractivity contribution >= 4 is 39.7 Å². The third-order valence-corrected chi connectivity index (χ3v) is 4.02. The van der Waals surface area contributed by atoms with Gasteiger partial charge < -0.3 is 9.84 Å². The first kappa shape index (κ1) is 18.3. The van der Waals surface area contributed by atoms with Crippen molar-refractivity contribution in [3.63, 3.8) is 0 Å². The van der Waals surface area contributed by atoms with Crippen LogP contribution < -0.4 is 10.2 Å². The molecule has 1 amide bonds. The van der Waals surface area contributed by atoms with Crippen molar-refractivity contribution in [3.05, 3.63) is 56.5 Å². The lowest BCUT2D eigenvalue weighted by atomic mass is 10.1. The van der Waals surface area contributed by atoms with Crippen LogP contribution in [0.1, 0.15) is 28.4 Å². The van der Waals surface area contributed by atoms with Gasteiger partial charge in [-0.2, -0.15) is 5.10 Å². The minimum absolute atomic E-state index is 0.0180. The van der Waals surface area contributed by atoms with Gasteiger partial charge in [0.25, 0.3) is 5.91 Å². The van der Waals surface area contributed by atoms with E-state index in [0.29, 0.717) is 33.0 Å². The number of phenols is 1. The molecule has 7 heteroatoms. The van der Waals surface area contributed by atoms with Gasteiger partial charge in [-0.1, -0.05) is 17.7 Å². The van der Waals surface area contributed by atoms with Gasteiger partial charge in [0, 0.05) is 0 Å². The molecule has 0 aliphatic heterocycles. The van der Waals surface area contributed by atoms with Crippen LogP contribution in [0.3, 0.4) is 0 Å². The Morgan fingerprint density at radius 2 is 2.17 bits per heavy atom. The van der Waals surface area contributed by atoms with Crippen molar-refractivity contribution < 1.29 is 14.6 Å². The third-order valence-electron chi connectivity index (χ3n) is 3.10. The molecule has 2 N–H and O–H groups in total. The Hall–Kier alpha value is -2.05. The molecule has 2 aromatic rings. The summed E-state index contributed by atoms with van der Waals surface area (Å²) < 4.78 is 5.81. The molecule has 0 aromatic heterocycles. The predicted molar refractivity (Wildman–Crippen MR) is 98.2 cm³/mol. The van der Waals surface area contributed by atoms with Gasteiger partial charge in [-0.3, -0.25) is 4.79 Å². The fourth-order valence-electron chi connectivity index (χ4n) is 1.96. The highest BCUT2D eigenvalue weighted by atomic mass is 79.9. The van der Waals surface area contributed by atoms with Crippen molar-refractivity contribution in [1.29, 1.82) is 0 Å². The monoisotopic (exact) mass is 410 g/mol. The van der Waals surface area contributed by atoms with Crippen LogP contribution in [-0.2, 0) is 0 Å². The Kier molecular flexibility index (Phi) is 6.23. The van der Waals surface area contributed by atoms with Crippen LogP contribution >= 0.6 is 27.5 Å². The van der Waals surface area contributed by atoms with Crippen LogP contribution in [0, 0.1) is 6.92 Å². The maximum Gasteiger partial charge on any atom is 0.272 e. The number of amides is 1. The number of hydrogen-bond acceptors (Lipinski definition) is 4. The number of ether oxygens (including phenoxy) is 1. The SMILES string of the molecule is CCOc1cc(/C=N/NC(=O)c2ccc(C)cc2Cl)cc(Br)c1O. The van der Waals surface area contributed by atoms with Gasteiger partial charge in [-0.25, -0.2) is 5.43 Å². The van der Waals surface area contributed by atoms with E-state index >= 15 is 0 Å². The average molecular weight is 412 g/mol. The first-order valence-corrected chi connectivity index (χ1v) is 8.34. The van der Waals surface area contributed by atoms with Gasteiger partial charge in [0.05, 0.1) is 27.9 Å². The lowest BCUT2D eigenvalue weighted by molar-refractivity contribution is 0.0955. The van der Waals surface area contributed by atoms with E-state index in [4.69, 9.17) is 16.3 Å². The maximum absolute atomic E-state index is 12.1. The molecule has 0 saturated heterocycles. The molecule has 0 spiro atoms. The summed E-state index contributed by atoms with van der Waals surface area (Å²) in [5, 5.41) is 14.1. The molecule has 0 aliphatic rings. The topological polar surface area (TPSA) is 70.9 Å². The van der Waals surface area contributed by atoms with Gasteiger partial charge in [0.1, 0.15) is 0 Å². The fourth-order valence-corrected chi connectivity index (χ4v) is 2.74. The highest BCUT2D eigenvalue weighted by Gasteiger charge is 2.10. The molecule has 126 valence electrons. The second-order valence-corrected chi connectivity index (χ2v) is 6.23. The Labute approximate surface area is 153 Å². The van der Waals surface area contributed by atoms with E-state index in [-0.39, 0.29) is 5.75 Å². The molecule has 0 bridgehead atoms. The standard InChI is InChI=1S/C17H16BrClN2O3/c1-3-24-15-8-11(7-13(18)16(15)22)9-20-21-17(23)12-5-4-10(2)6-14(12)19/h4-9,22H,3H2,1-2H3,(H,21,23)/b20-9+. The summed E-state index contributed by atoms with van der Waals surface area (Å²) in [7, 11) is 0. The Balaban J connectivity index is 2.12. The molecule has 0 atom stereocenters. The van der Waals surface area contributed by atoms with Gasteiger partial charge in [0.15, 0.2) is 11.5 Å². The van der Waals surface area contributed by atoms with Crippen LogP contribution in [-0.4, -0.2) is 23.8 Å². The lowest BCUT2D eigenvalue weighted by Gasteiger charge is -2.08. The van der Waals surface area contributed by atoms with Crippen LogP contribution in [0.5, 0.6) is 11.5 Å². The van der Waals surface area contributed by atoms with Crippen LogP contribution in [0.4, 0.5) is 0 Å². The van der Waals surface area contributed by atoms with E-state index in [2.05, 4.69) is 26.5 Å². The van der Waals surface area contributed by atoms with E-state index < -0.39 is 5.91 Å². The van der Waals surface area contributed by atoms with Crippen molar-refractivity contribution in [3.8, 4) is 11.5 Å². The molecule has 0 heterocycles. The molecule has 2 rings (SSSR count). The number of rotatable bonds is 5. The molecule has 24 heavy (non-hydrogen) atoms. The highest BCUT2D eigenvalue weighted by Crippen LogP contribution is 2.35. The molecular weight excluding hydrogens is 396 g/mol. The number of carbonyl (C=O) groups excluding carboxylic acids is 1. The third kappa shape index (κ3) is 4.49. The van der Waals surface area contributed by atoms with Gasteiger partial charge in [-0.15, -0.1) is 0 Å². The van der Waals surface area contributed by atoms with Crippen LogP contribution in [0.25, 0.3) is 0 Å². The fraction of sp³-hybridized carbons (Fsp3) is 0.176. The van der Waals surface area contributed by atoms with E-state index in [1.54, 1.807) is 30.3 Å². The molecule has 5 nitrogen and oxygen atoms in total. The number of halogens is 2. The van der Waals surface area contributed by atoms with Crippen molar-refractivity contribution in [2.24, 2.45) is 5.10 Å². The zero-order valence-corrected chi connectivity index (χ0v) is 15.5. The number of carbonyl (C=O) groups is 1. The summed E-state index contributed by atoms with van der Waals surface area (Å²) in [6, 6.07) is 8.44. The summed E-state index contributed by atoms with van der Waals surface area (Å²) in [5.74, 6) is -0.0511. The largest absolute Gasteiger partial charge is 0.503 e. The number of aryl methyl sites for hydroxylation is 1. The molecule has 0 unspecified atom stereocenters. The molecular formula is C17H16BrClN2O3. The number of nitrogens with one attached hydrogen (secondary N) is 1. The van der Waals surface area contributed by atoms with Crippen molar-refractivity contribution in [1.82, 2.24) is 5.43 Å². The molecule has 2 aromatic carbocycles. The zero-order valence-electron chi connectivity index (χ0n) is 13.1. The van der Waals surface area contributed by atoms with Crippen LogP contribution in [0.15, 0.2) is 39.9 Å². The van der Waals surface area contributed by atoms with E-state index in [0.717, 1.165) is 5.56 Å². The normalized spacial score (nSPS) is 10.8. The molecule has 0 aliphatic carbocycles. The second kappa shape index (κ2) is 8.17. The van der Waals surface area contributed by atoms with Gasteiger partial charge in [-0.05, 0) is 65.2 Å². The number of hydrogen-bond donors (Lipinski definition) is 2. The van der Waals surface area contributed by atoms with E-state index in [1.165, 1.54) is 6.21 Å². The Morgan fingerprint density at radius 3 is 2.83 bits per heavy atom. The van der Waals surface area contributed by atoms with E-state index in [1.807, 2.05) is 13.8 Å². The number of aromatic hydroxyl groups is 1. The minimum Gasteiger partial charge on any atom is -0.503 e. The molecule has 0 fully saturated rings. The van der Waals surface area contributed by atoms with Crippen molar-refractivity contribution in [2.75, 3.05) is 6.61 Å². The Morgan fingerprint density at radius 1 is 1.42 bits per heavy atom. The zero-order chi connectivity index (χ0) is 17.7. The number of hydrazone groups is 1. The van der Waals surface area contributed by atoms with Gasteiger partial charge >= 0.3 is 0 Å².